The second-order valence-electron chi connectivity index (χ2n) is 5.14. The van der Waals surface area contributed by atoms with Crippen LogP contribution < -0.4 is 16.0 Å². The molecule has 3 N–H and O–H groups in total. The van der Waals surface area contributed by atoms with Gasteiger partial charge < -0.3 is 16.0 Å². The molecule has 0 bridgehead atoms. The van der Waals surface area contributed by atoms with Crippen LogP contribution >= 0.6 is 0 Å². The van der Waals surface area contributed by atoms with E-state index in [4.69, 9.17) is 0 Å². The van der Waals surface area contributed by atoms with Crippen molar-refractivity contribution in [3.8, 4) is 0 Å². The van der Waals surface area contributed by atoms with Crippen LogP contribution in [0, 0.1) is 10.1 Å². The van der Waals surface area contributed by atoms with Gasteiger partial charge in [0.1, 0.15) is 17.4 Å². The van der Waals surface area contributed by atoms with Crippen LogP contribution in [0.2, 0.25) is 0 Å². The van der Waals surface area contributed by atoms with Gasteiger partial charge in [-0.15, -0.1) is 0 Å². The van der Waals surface area contributed by atoms with Crippen molar-refractivity contribution < 1.29 is 9.72 Å². The van der Waals surface area contributed by atoms with Gasteiger partial charge in [-0.2, -0.15) is 0 Å². The van der Waals surface area contributed by atoms with Crippen molar-refractivity contribution in [2.75, 3.05) is 17.2 Å². The van der Waals surface area contributed by atoms with E-state index in [2.05, 4.69) is 16.0 Å². The largest absolute Gasteiger partial charge is 0.380 e. The molecular weight excluding hydrogens is 272 g/mol. The summed E-state index contributed by atoms with van der Waals surface area (Å²) < 4.78 is 0. The van der Waals surface area contributed by atoms with Gasteiger partial charge in [0.05, 0.1) is 4.92 Å². The molecule has 0 aromatic heterocycles. The van der Waals surface area contributed by atoms with Gasteiger partial charge in [0.25, 0.3) is 0 Å². The quantitative estimate of drug-likeness (QED) is 0.528. The fourth-order valence-electron chi connectivity index (χ4n) is 2.04. The molecule has 0 radical (unpaired) electrons. The first-order valence-electron chi connectivity index (χ1n) is 7.11. The van der Waals surface area contributed by atoms with Crippen LogP contribution in [0.5, 0.6) is 0 Å². The highest BCUT2D eigenvalue weighted by Crippen LogP contribution is 2.33. The first-order chi connectivity index (χ1) is 10.0. The van der Waals surface area contributed by atoms with Gasteiger partial charge in [-0.1, -0.05) is 6.07 Å². The lowest BCUT2D eigenvalue weighted by molar-refractivity contribution is -0.383. The van der Waals surface area contributed by atoms with Crippen molar-refractivity contribution >= 4 is 23.0 Å². The number of nitrogens with one attached hydrogen (secondary N) is 3. The Kier molecular flexibility index (Phi) is 4.62. The van der Waals surface area contributed by atoms with Crippen LogP contribution in [-0.2, 0) is 4.79 Å². The van der Waals surface area contributed by atoms with E-state index in [1.54, 1.807) is 25.1 Å². The molecule has 1 unspecified atom stereocenters. The Balaban J connectivity index is 2.15. The Morgan fingerprint density at radius 1 is 1.43 bits per heavy atom. The molecule has 1 amide bonds. The van der Waals surface area contributed by atoms with Crippen molar-refractivity contribution in [1.82, 2.24) is 5.32 Å². The van der Waals surface area contributed by atoms with Gasteiger partial charge in [-0.3, -0.25) is 14.9 Å². The monoisotopic (exact) mass is 292 g/mol. The minimum Gasteiger partial charge on any atom is -0.380 e. The number of amides is 1. The van der Waals surface area contributed by atoms with Crippen molar-refractivity contribution in [3.63, 3.8) is 0 Å². The number of para-hydroxylation sites is 1. The Morgan fingerprint density at radius 2 is 2.10 bits per heavy atom. The summed E-state index contributed by atoms with van der Waals surface area (Å²) in [6.07, 6.45) is 2.02. The van der Waals surface area contributed by atoms with E-state index in [1.807, 2.05) is 6.92 Å². The molecule has 0 spiro atoms. The van der Waals surface area contributed by atoms with Crippen LogP contribution in [0.15, 0.2) is 18.2 Å². The molecule has 0 saturated heterocycles. The van der Waals surface area contributed by atoms with E-state index < -0.39 is 11.0 Å². The van der Waals surface area contributed by atoms with Crippen molar-refractivity contribution in [2.45, 2.75) is 38.8 Å². The lowest BCUT2D eigenvalue weighted by Gasteiger charge is -2.16. The van der Waals surface area contributed by atoms with Gasteiger partial charge in [0.15, 0.2) is 0 Å². The van der Waals surface area contributed by atoms with Crippen LogP contribution in [0.4, 0.5) is 17.1 Å². The number of anilines is 2. The van der Waals surface area contributed by atoms with Gasteiger partial charge >= 0.3 is 5.69 Å². The first-order valence-corrected chi connectivity index (χ1v) is 7.11. The number of carbonyl (C=O) groups is 1. The Labute approximate surface area is 123 Å². The third kappa shape index (κ3) is 3.84. The summed E-state index contributed by atoms with van der Waals surface area (Å²) in [5.74, 6) is -0.138. The average Bonchev–Trinajstić information content (AvgIpc) is 3.22. The summed E-state index contributed by atoms with van der Waals surface area (Å²) in [6.45, 7) is 4.15. The van der Waals surface area contributed by atoms with Crippen LogP contribution in [-0.4, -0.2) is 29.5 Å². The molecule has 1 aliphatic carbocycles. The van der Waals surface area contributed by atoms with Crippen LogP contribution in [0.3, 0.4) is 0 Å². The van der Waals surface area contributed by atoms with E-state index in [0.717, 1.165) is 12.8 Å². The van der Waals surface area contributed by atoms with E-state index >= 15 is 0 Å². The predicted molar refractivity (Wildman–Crippen MR) is 81.5 cm³/mol. The highest BCUT2D eigenvalue weighted by atomic mass is 16.6. The maximum Gasteiger partial charge on any atom is 0.315 e. The highest BCUT2D eigenvalue weighted by molar-refractivity contribution is 5.87. The topological polar surface area (TPSA) is 96.3 Å². The van der Waals surface area contributed by atoms with Crippen LogP contribution in [0.25, 0.3) is 0 Å². The second-order valence-corrected chi connectivity index (χ2v) is 5.14. The van der Waals surface area contributed by atoms with E-state index in [0.29, 0.717) is 17.9 Å². The maximum absolute atomic E-state index is 11.9. The molecule has 7 nitrogen and oxygen atoms in total. The zero-order valence-corrected chi connectivity index (χ0v) is 12.2. The molecule has 1 saturated carbocycles. The number of nitro groups is 1. The van der Waals surface area contributed by atoms with Gasteiger partial charge in [0, 0.05) is 12.6 Å². The average molecular weight is 292 g/mol. The molecule has 21 heavy (non-hydrogen) atoms. The minimum atomic E-state index is -0.527. The number of carbonyl (C=O) groups excluding carboxylic acids is 1. The first kappa shape index (κ1) is 15.1. The van der Waals surface area contributed by atoms with E-state index in [1.165, 1.54) is 0 Å². The molecule has 0 heterocycles. The molecule has 1 aromatic rings. The molecule has 1 fully saturated rings. The molecule has 114 valence electrons. The zero-order valence-electron chi connectivity index (χ0n) is 12.2. The second kappa shape index (κ2) is 6.43. The number of rotatable bonds is 7. The Morgan fingerprint density at radius 3 is 2.67 bits per heavy atom. The van der Waals surface area contributed by atoms with Gasteiger partial charge in [-0.25, -0.2) is 0 Å². The summed E-state index contributed by atoms with van der Waals surface area (Å²) in [5, 5.41) is 20.0. The molecule has 1 aromatic carbocycles. The summed E-state index contributed by atoms with van der Waals surface area (Å²) >= 11 is 0. The third-order valence-corrected chi connectivity index (χ3v) is 3.27. The third-order valence-electron chi connectivity index (χ3n) is 3.27. The number of hydrogen-bond acceptors (Lipinski definition) is 5. The predicted octanol–water partition coefficient (Wildman–Crippen LogP) is 2.11. The molecule has 2 rings (SSSR count). The smallest absolute Gasteiger partial charge is 0.315 e. The van der Waals surface area contributed by atoms with E-state index in [9.17, 15) is 14.9 Å². The maximum atomic E-state index is 11.9. The lowest BCUT2D eigenvalue weighted by atomic mass is 10.2. The number of benzene rings is 1. The lowest BCUT2D eigenvalue weighted by Crippen LogP contribution is -2.38. The number of nitrogens with zero attached hydrogens (tertiary/aromatic N) is 1. The van der Waals surface area contributed by atoms with Crippen molar-refractivity contribution in [2.24, 2.45) is 0 Å². The standard InChI is InChI=1S/C14H20N4O3/c1-3-15-11-5-4-6-12(13(11)18(20)21)16-9(2)14(19)17-10-7-8-10/h4-6,9-10,15-16H,3,7-8H2,1-2H3,(H,17,19). The zero-order chi connectivity index (χ0) is 15.4. The SMILES string of the molecule is CCNc1cccc(NC(C)C(=O)NC2CC2)c1[N+](=O)[O-]. The Bertz CT molecular complexity index is 543. The van der Waals surface area contributed by atoms with Crippen molar-refractivity contribution in [1.29, 1.82) is 0 Å². The summed E-state index contributed by atoms with van der Waals surface area (Å²) in [5.41, 5.74) is 0.754. The van der Waals surface area contributed by atoms with Gasteiger partial charge in [-0.05, 0) is 38.8 Å². The molecule has 7 heteroatoms. The molecule has 0 aliphatic heterocycles. The fraction of sp³-hybridized carbons (Fsp3) is 0.500. The fourth-order valence-corrected chi connectivity index (χ4v) is 2.04. The minimum absolute atomic E-state index is 0.0366. The van der Waals surface area contributed by atoms with Crippen LogP contribution in [0.1, 0.15) is 26.7 Å². The number of hydrogen-bond donors (Lipinski definition) is 3. The summed E-state index contributed by atoms with van der Waals surface area (Å²) in [4.78, 5) is 22.8. The summed E-state index contributed by atoms with van der Waals surface area (Å²) in [7, 11) is 0. The van der Waals surface area contributed by atoms with E-state index in [-0.39, 0.29) is 17.6 Å². The van der Waals surface area contributed by atoms with Crippen molar-refractivity contribution in [3.05, 3.63) is 28.3 Å². The Hall–Kier alpha value is -2.31. The molecule has 1 atom stereocenters. The normalized spacial score (nSPS) is 15.1. The molecular formula is C14H20N4O3. The summed E-state index contributed by atoms with van der Waals surface area (Å²) in [6, 6.07) is 4.73. The van der Waals surface area contributed by atoms with Gasteiger partial charge in [0.2, 0.25) is 5.91 Å². The number of nitro benzene ring substituents is 1. The molecule has 1 aliphatic rings. The highest BCUT2D eigenvalue weighted by Gasteiger charge is 2.27.